The number of halogens is 1. The summed E-state index contributed by atoms with van der Waals surface area (Å²) in [6.45, 7) is 1.67. The highest BCUT2D eigenvalue weighted by atomic mass is 35.5. The first-order valence-corrected chi connectivity index (χ1v) is 9.61. The van der Waals surface area contributed by atoms with Crippen LogP contribution in [0.2, 0.25) is 5.02 Å². The van der Waals surface area contributed by atoms with E-state index in [0.717, 1.165) is 22.4 Å². The fourth-order valence-electron chi connectivity index (χ4n) is 3.86. The molecule has 6 nitrogen and oxygen atoms in total. The highest BCUT2D eigenvalue weighted by molar-refractivity contribution is 6.31. The van der Waals surface area contributed by atoms with Crippen molar-refractivity contribution in [3.05, 3.63) is 64.9 Å². The summed E-state index contributed by atoms with van der Waals surface area (Å²) >= 11 is 6.16. The maximum atomic E-state index is 11.7. The van der Waals surface area contributed by atoms with Gasteiger partial charge in [-0.15, -0.1) is 0 Å². The van der Waals surface area contributed by atoms with Crippen LogP contribution in [0.1, 0.15) is 17.8 Å². The number of aliphatic carboxylic acids is 1. The molecule has 0 spiro atoms. The molecule has 1 aliphatic rings. The number of imidazole rings is 1. The molecule has 0 saturated carbocycles. The van der Waals surface area contributed by atoms with E-state index in [0.29, 0.717) is 31.1 Å². The quantitative estimate of drug-likeness (QED) is 0.688. The number of hydrogen-bond donors (Lipinski definition) is 1. The Kier molecular flexibility index (Phi) is 5.35. The summed E-state index contributed by atoms with van der Waals surface area (Å²) in [7, 11) is 1.62. The molecule has 28 heavy (non-hydrogen) atoms. The van der Waals surface area contributed by atoms with Gasteiger partial charge in [0.2, 0.25) is 0 Å². The average Bonchev–Trinajstić information content (AvgIpc) is 3.24. The molecule has 1 saturated heterocycles. The predicted octanol–water partition coefficient (Wildman–Crippen LogP) is 3.41. The highest BCUT2D eigenvalue weighted by Crippen LogP contribution is 2.26. The van der Waals surface area contributed by atoms with E-state index in [4.69, 9.17) is 21.3 Å². The molecule has 0 bridgehead atoms. The predicted molar refractivity (Wildman–Crippen MR) is 108 cm³/mol. The number of rotatable bonds is 6. The monoisotopic (exact) mass is 399 g/mol. The van der Waals surface area contributed by atoms with Crippen molar-refractivity contribution in [2.24, 2.45) is 0 Å². The zero-order valence-corrected chi connectivity index (χ0v) is 16.3. The second-order valence-corrected chi connectivity index (χ2v) is 7.55. The number of methoxy groups -OCH3 is 1. The molecule has 0 radical (unpaired) electrons. The minimum atomic E-state index is -0.826. The summed E-state index contributed by atoms with van der Waals surface area (Å²) in [5.41, 5.74) is 2.95. The topological polar surface area (TPSA) is 67.6 Å². The molecule has 1 aromatic heterocycles. The zero-order valence-electron chi connectivity index (χ0n) is 15.6. The van der Waals surface area contributed by atoms with Crippen molar-refractivity contribution in [1.29, 1.82) is 0 Å². The van der Waals surface area contributed by atoms with Gasteiger partial charge in [-0.1, -0.05) is 41.9 Å². The van der Waals surface area contributed by atoms with Crippen molar-refractivity contribution in [3.63, 3.8) is 0 Å². The maximum Gasteiger partial charge on any atom is 0.321 e. The summed E-state index contributed by atoms with van der Waals surface area (Å²) in [5.74, 6) is -0.00237. The van der Waals surface area contributed by atoms with E-state index >= 15 is 0 Å². The van der Waals surface area contributed by atoms with E-state index < -0.39 is 12.0 Å². The minimum Gasteiger partial charge on any atom is -0.480 e. The van der Waals surface area contributed by atoms with Crippen molar-refractivity contribution in [3.8, 4) is 0 Å². The highest BCUT2D eigenvalue weighted by Gasteiger charge is 2.37. The number of ether oxygens (including phenoxy) is 1. The first-order chi connectivity index (χ1) is 13.5. The van der Waals surface area contributed by atoms with Crippen LogP contribution in [-0.4, -0.2) is 51.3 Å². The van der Waals surface area contributed by atoms with Gasteiger partial charge in [0.25, 0.3) is 0 Å². The Bertz CT molecular complexity index is 989. The van der Waals surface area contributed by atoms with Crippen molar-refractivity contribution in [2.75, 3.05) is 13.7 Å². The Morgan fingerprint density at radius 3 is 2.75 bits per heavy atom. The van der Waals surface area contributed by atoms with Crippen LogP contribution in [0.3, 0.4) is 0 Å². The lowest BCUT2D eigenvalue weighted by Crippen LogP contribution is -2.36. The molecule has 1 N–H and O–H groups in total. The van der Waals surface area contributed by atoms with Gasteiger partial charge in [-0.05, 0) is 23.8 Å². The van der Waals surface area contributed by atoms with E-state index in [1.54, 1.807) is 7.11 Å². The third kappa shape index (κ3) is 3.76. The van der Waals surface area contributed by atoms with Gasteiger partial charge < -0.3 is 14.4 Å². The SMILES string of the molecule is COC1CC(C(=O)O)N(Cc2nc3cc(Cl)ccc3n2Cc2ccccc2)C1. The van der Waals surface area contributed by atoms with Crippen molar-refractivity contribution in [2.45, 2.75) is 31.7 Å². The largest absolute Gasteiger partial charge is 0.480 e. The Morgan fingerprint density at radius 1 is 1.25 bits per heavy atom. The Balaban J connectivity index is 1.71. The molecule has 2 aromatic carbocycles. The molecular formula is C21H22ClN3O3. The summed E-state index contributed by atoms with van der Waals surface area (Å²) < 4.78 is 7.55. The van der Waals surface area contributed by atoms with E-state index in [1.807, 2.05) is 41.3 Å². The van der Waals surface area contributed by atoms with E-state index in [-0.39, 0.29) is 6.10 Å². The summed E-state index contributed by atoms with van der Waals surface area (Å²) in [4.78, 5) is 18.4. The number of carbonyl (C=O) groups is 1. The van der Waals surface area contributed by atoms with E-state index in [2.05, 4.69) is 16.7 Å². The Labute approximate surface area is 168 Å². The van der Waals surface area contributed by atoms with Gasteiger partial charge >= 0.3 is 5.97 Å². The lowest BCUT2D eigenvalue weighted by atomic mass is 10.2. The minimum absolute atomic E-state index is 0.0810. The van der Waals surface area contributed by atoms with Crippen LogP contribution in [0.15, 0.2) is 48.5 Å². The molecule has 4 rings (SSSR count). The lowest BCUT2D eigenvalue weighted by molar-refractivity contribution is -0.142. The summed E-state index contributed by atoms with van der Waals surface area (Å²) in [6.07, 6.45) is 0.402. The molecule has 2 heterocycles. The van der Waals surface area contributed by atoms with Crippen molar-refractivity contribution < 1.29 is 14.6 Å². The number of hydrogen-bond acceptors (Lipinski definition) is 4. The normalized spacial score (nSPS) is 20.1. The number of carboxylic acids is 1. The summed E-state index contributed by atoms with van der Waals surface area (Å²) in [6, 6.07) is 15.2. The van der Waals surface area contributed by atoms with Crippen LogP contribution >= 0.6 is 11.6 Å². The van der Waals surface area contributed by atoms with Crippen LogP contribution in [0.5, 0.6) is 0 Å². The molecule has 0 aliphatic carbocycles. The standard InChI is InChI=1S/C21H22ClN3O3/c1-28-16-10-19(21(26)27)24(12-16)13-20-23-17-9-15(22)7-8-18(17)25(20)11-14-5-3-2-4-6-14/h2-9,16,19H,10-13H2,1H3,(H,26,27). The van der Waals surface area contributed by atoms with Crippen LogP contribution in [0.4, 0.5) is 0 Å². The van der Waals surface area contributed by atoms with Gasteiger partial charge in [-0.3, -0.25) is 9.69 Å². The van der Waals surface area contributed by atoms with Crippen molar-refractivity contribution in [1.82, 2.24) is 14.5 Å². The second-order valence-electron chi connectivity index (χ2n) is 7.11. The van der Waals surface area contributed by atoms with E-state index in [1.165, 1.54) is 0 Å². The Morgan fingerprint density at radius 2 is 2.04 bits per heavy atom. The molecular weight excluding hydrogens is 378 g/mol. The van der Waals surface area contributed by atoms with Crippen LogP contribution in [0.25, 0.3) is 11.0 Å². The third-order valence-electron chi connectivity index (χ3n) is 5.30. The van der Waals surface area contributed by atoms with Crippen LogP contribution in [0, 0.1) is 0 Å². The smallest absolute Gasteiger partial charge is 0.321 e. The molecule has 2 unspecified atom stereocenters. The fraction of sp³-hybridized carbons (Fsp3) is 0.333. The molecule has 3 aromatic rings. The number of aromatic nitrogens is 2. The number of benzene rings is 2. The molecule has 0 amide bonds. The Hall–Kier alpha value is -2.41. The first-order valence-electron chi connectivity index (χ1n) is 9.23. The lowest BCUT2D eigenvalue weighted by Gasteiger charge is -2.21. The van der Waals surface area contributed by atoms with E-state index in [9.17, 15) is 9.90 Å². The molecule has 146 valence electrons. The van der Waals surface area contributed by atoms with Crippen LogP contribution in [-0.2, 0) is 22.6 Å². The van der Waals surface area contributed by atoms with Crippen molar-refractivity contribution >= 4 is 28.6 Å². The molecule has 2 atom stereocenters. The van der Waals surface area contributed by atoms with Gasteiger partial charge in [0.1, 0.15) is 11.9 Å². The van der Waals surface area contributed by atoms with Gasteiger partial charge in [0.05, 0.1) is 23.7 Å². The van der Waals surface area contributed by atoms with Crippen LogP contribution < -0.4 is 0 Å². The average molecular weight is 400 g/mol. The van der Waals surface area contributed by atoms with Gasteiger partial charge in [-0.25, -0.2) is 4.98 Å². The first kappa shape index (κ1) is 18.9. The number of fused-ring (bicyclic) bond motifs is 1. The van der Waals surface area contributed by atoms with Gasteiger partial charge in [0.15, 0.2) is 0 Å². The molecule has 1 fully saturated rings. The summed E-state index contributed by atoms with van der Waals surface area (Å²) in [5, 5.41) is 10.2. The fourth-order valence-corrected chi connectivity index (χ4v) is 4.03. The maximum absolute atomic E-state index is 11.7. The van der Waals surface area contributed by atoms with Gasteiger partial charge in [0, 0.05) is 31.6 Å². The van der Waals surface area contributed by atoms with Gasteiger partial charge in [-0.2, -0.15) is 0 Å². The molecule has 7 heteroatoms. The second kappa shape index (κ2) is 7.91. The zero-order chi connectivity index (χ0) is 19.7. The number of carboxylic acid groups (broad SMARTS) is 1. The number of likely N-dealkylation sites (tertiary alicyclic amines) is 1. The number of nitrogens with zero attached hydrogens (tertiary/aromatic N) is 3. The molecule has 1 aliphatic heterocycles. The third-order valence-corrected chi connectivity index (χ3v) is 5.54.